The van der Waals surface area contributed by atoms with E-state index in [2.05, 4.69) is 20.8 Å². The lowest BCUT2D eigenvalue weighted by Crippen LogP contribution is -2.30. The van der Waals surface area contributed by atoms with Crippen molar-refractivity contribution in [3.63, 3.8) is 0 Å². The van der Waals surface area contributed by atoms with E-state index in [4.69, 9.17) is 4.74 Å². The largest absolute Gasteiger partial charge is 0.376 e. The minimum Gasteiger partial charge on any atom is -0.376 e. The van der Waals surface area contributed by atoms with Crippen molar-refractivity contribution >= 4 is 45.5 Å². The molecule has 0 radical (unpaired) electrons. The summed E-state index contributed by atoms with van der Waals surface area (Å²) in [6.45, 7) is 4.07. The van der Waals surface area contributed by atoms with E-state index < -0.39 is 0 Å². The summed E-state index contributed by atoms with van der Waals surface area (Å²) in [6.07, 6.45) is 2.49. The third-order valence-corrected chi connectivity index (χ3v) is 6.52. The maximum Gasteiger partial charge on any atom is 0.233 e. The predicted octanol–water partition coefficient (Wildman–Crippen LogP) is 2.99. The summed E-state index contributed by atoms with van der Waals surface area (Å²) >= 11 is 4.55. The highest BCUT2D eigenvalue weighted by Gasteiger charge is 2.18. The standard InChI is InChI=1S/C15H20N4O2S3/c1-10(13(20)16-9-12-5-3-7-22-12)23-15-19-18-14(24-15)17-8-11-4-2-6-21-11/h3,5,7,10-11H,2,4,6,8-9H2,1H3,(H,16,20)(H,17,18). The number of rotatable bonds is 8. The fourth-order valence-electron chi connectivity index (χ4n) is 2.27. The lowest BCUT2D eigenvalue weighted by atomic mass is 10.2. The van der Waals surface area contributed by atoms with E-state index in [1.807, 2.05) is 24.4 Å². The molecule has 0 bridgehead atoms. The van der Waals surface area contributed by atoms with Crippen molar-refractivity contribution in [2.75, 3.05) is 18.5 Å². The molecule has 3 heterocycles. The molecule has 0 spiro atoms. The number of amides is 1. The molecule has 24 heavy (non-hydrogen) atoms. The van der Waals surface area contributed by atoms with Crippen LogP contribution < -0.4 is 10.6 Å². The first-order valence-electron chi connectivity index (χ1n) is 7.86. The Bertz CT molecular complexity index is 641. The van der Waals surface area contributed by atoms with Crippen molar-refractivity contribution < 1.29 is 9.53 Å². The first-order chi connectivity index (χ1) is 11.7. The van der Waals surface area contributed by atoms with E-state index in [1.165, 1.54) is 23.1 Å². The number of nitrogens with one attached hydrogen (secondary N) is 2. The van der Waals surface area contributed by atoms with Crippen molar-refractivity contribution in [2.24, 2.45) is 0 Å². The van der Waals surface area contributed by atoms with E-state index >= 15 is 0 Å². The molecular weight excluding hydrogens is 364 g/mol. The van der Waals surface area contributed by atoms with Crippen LogP contribution in [0.2, 0.25) is 0 Å². The van der Waals surface area contributed by atoms with Gasteiger partial charge in [-0.05, 0) is 31.2 Å². The molecule has 0 saturated carbocycles. The first kappa shape index (κ1) is 17.7. The molecule has 2 N–H and O–H groups in total. The Balaban J connectivity index is 1.42. The number of carbonyl (C=O) groups is 1. The second kappa shape index (κ2) is 8.80. The number of thioether (sulfide) groups is 1. The van der Waals surface area contributed by atoms with Crippen molar-refractivity contribution in [3.05, 3.63) is 22.4 Å². The van der Waals surface area contributed by atoms with Crippen molar-refractivity contribution in [1.29, 1.82) is 0 Å². The Morgan fingerprint density at radius 1 is 1.54 bits per heavy atom. The van der Waals surface area contributed by atoms with Crippen molar-refractivity contribution in [3.8, 4) is 0 Å². The van der Waals surface area contributed by atoms with E-state index in [-0.39, 0.29) is 17.3 Å². The van der Waals surface area contributed by atoms with E-state index in [0.29, 0.717) is 6.54 Å². The minimum absolute atomic E-state index is 0.0115. The van der Waals surface area contributed by atoms with E-state index in [1.54, 1.807) is 11.3 Å². The quantitative estimate of drug-likeness (QED) is 0.682. The third kappa shape index (κ3) is 5.17. The maximum absolute atomic E-state index is 12.1. The zero-order valence-corrected chi connectivity index (χ0v) is 15.8. The van der Waals surface area contributed by atoms with Gasteiger partial charge >= 0.3 is 0 Å². The van der Waals surface area contributed by atoms with Crippen LogP contribution in [0, 0.1) is 0 Å². The second-order valence-corrected chi connectivity index (χ2v) is 9.04. The summed E-state index contributed by atoms with van der Waals surface area (Å²) in [7, 11) is 0. The van der Waals surface area contributed by atoms with Crippen molar-refractivity contribution in [2.45, 2.75) is 42.0 Å². The molecule has 2 aromatic heterocycles. The predicted molar refractivity (Wildman–Crippen MR) is 98.9 cm³/mol. The molecule has 9 heteroatoms. The van der Waals surface area contributed by atoms with Gasteiger partial charge in [0.15, 0.2) is 4.34 Å². The van der Waals surface area contributed by atoms with Crippen LogP contribution in [0.1, 0.15) is 24.6 Å². The molecule has 1 aliphatic heterocycles. The van der Waals surface area contributed by atoms with Gasteiger partial charge in [0, 0.05) is 18.0 Å². The van der Waals surface area contributed by atoms with Gasteiger partial charge in [-0.1, -0.05) is 29.2 Å². The molecule has 1 saturated heterocycles. The normalized spacial score (nSPS) is 18.5. The van der Waals surface area contributed by atoms with Gasteiger partial charge in [-0.15, -0.1) is 21.5 Å². The van der Waals surface area contributed by atoms with E-state index in [0.717, 1.165) is 40.3 Å². The van der Waals surface area contributed by atoms with Crippen LogP contribution in [-0.2, 0) is 16.1 Å². The molecule has 2 atom stereocenters. The van der Waals surface area contributed by atoms with Gasteiger partial charge in [0.1, 0.15) is 0 Å². The van der Waals surface area contributed by atoms with Gasteiger partial charge < -0.3 is 15.4 Å². The summed E-state index contributed by atoms with van der Waals surface area (Å²) in [5, 5.41) is 17.1. The third-order valence-electron chi connectivity index (χ3n) is 3.58. The van der Waals surface area contributed by atoms with E-state index in [9.17, 15) is 4.79 Å². The Kier molecular flexibility index (Phi) is 6.47. The molecule has 0 aliphatic carbocycles. The van der Waals surface area contributed by atoms with Gasteiger partial charge in [-0.2, -0.15) is 0 Å². The number of ether oxygens (including phenoxy) is 1. The molecule has 1 fully saturated rings. The Labute approximate surface area is 153 Å². The average Bonchev–Trinajstić information content (AvgIpc) is 3.32. The molecule has 2 aromatic rings. The van der Waals surface area contributed by atoms with Crippen LogP contribution in [0.15, 0.2) is 21.9 Å². The number of hydrogen-bond acceptors (Lipinski definition) is 8. The Hall–Kier alpha value is -1.16. The fourth-order valence-corrected chi connectivity index (χ4v) is 4.84. The maximum atomic E-state index is 12.1. The molecule has 1 amide bonds. The highest BCUT2D eigenvalue weighted by molar-refractivity contribution is 8.02. The summed E-state index contributed by atoms with van der Waals surface area (Å²) < 4.78 is 6.37. The smallest absolute Gasteiger partial charge is 0.233 e. The zero-order chi connectivity index (χ0) is 16.8. The molecule has 1 aliphatic rings. The number of hydrogen-bond donors (Lipinski definition) is 2. The highest BCUT2D eigenvalue weighted by Crippen LogP contribution is 2.29. The van der Waals surface area contributed by atoms with Crippen LogP contribution in [0.25, 0.3) is 0 Å². The van der Waals surface area contributed by atoms with Gasteiger partial charge in [0.2, 0.25) is 11.0 Å². The zero-order valence-electron chi connectivity index (χ0n) is 13.4. The molecule has 130 valence electrons. The number of thiophene rings is 1. The van der Waals surface area contributed by atoms with Crippen LogP contribution in [-0.4, -0.2) is 40.6 Å². The number of aromatic nitrogens is 2. The topological polar surface area (TPSA) is 76.1 Å². The summed E-state index contributed by atoms with van der Waals surface area (Å²) in [5.74, 6) is 0.0115. The Morgan fingerprint density at radius 3 is 3.21 bits per heavy atom. The molecular formula is C15H20N4O2S3. The summed E-state index contributed by atoms with van der Waals surface area (Å²) in [4.78, 5) is 13.3. The SMILES string of the molecule is CC(Sc1nnc(NCC2CCCO2)s1)C(=O)NCc1cccs1. The van der Waals surface area contributed by atoms with Crippen LogP contribution in [0.4, 0.5) is 5.13 Å². The van der Waals surface area contributed by atoms with Crippen LogP contribution in [0.3, 0.4) is 0 Å². The minimum atomic E-state index is -0.205. The highest BCUT2D eigenvalue weighted by atomic mass is 32.2. The van der Waals surface area contributed by atoms with Crippen LogP contribution >= 0.6 is 34.4 Å². The van der Waals surface area contributed by atoms with Gasteiger partial charge in [-0.3, -0.25) is 4.79 Å². The first-order valence-corrected chi connectivity index (χ1v) is 10.4. The van der Waals surface area contributed by atoms with Gasteiger partial charge in [-0.25, -0.2) is 0 Å². The summed E-state index contributed by atoms with van der Waals surface area (Å²) in [5.41, 5.74) is 0. The number of anilines is 1. The fraction of sp³-hybridized carbons (Fsp3) is 0.533. The Morgan fingerprint density at radius 2 is 2.46 bits per heavy atom. The number of carbonyl (C=O) groups excluding carboxylic acids is 1. The lowest BCUT2D eigenvalue weighted by Gasteiger charge is -2.09. The van der Waals surface area contributed by atoms with Gasteiger partial charge in [0.05, 0.1) is 17.9 Å². The lowest BCUT2D eigenvalue weighted by molar-refractivity contribution is -0.120. The molecule has 0 aromatic carbocycles. The molecule has 2 unspecified atom stereocenters. The monoisotopic (exact) mass is 384 g/mol. The average molecular weight is 385 g/mol. The molecule has 3 rings (SSSR count). The van der Waals surface area contributed by atoms with Gasteiger partial charge in [0.25, 0.3) is 0 Å². The van der Waals surface area contributed by atoms with Crippen molar-refractivity contribution in [1.82, 2.24) is 15.5 Å². The second-order valence-electron chi connectivity index (χ2n) is 5.45. The summed E-state index contributed by atoms with van der Waals surface area (Å²) in [6, 6.07) is 4.00. The van der Waals surface area contributed by atoms with Crippen LogP contribution in [0.5, 0.6) is 0 Å². The molecule has 6 nitrogen and oxygen atoms in total. The number of nitrogens with zero attached hydrogens (tertiary/aromatic N) is 2.